The van der Waals surface area contributed by atoms with E-state index in [2.05, 4.69) is 42.5 Å². The predicted molar refractivity (Wildman–Crippen MR) is 180 cm³/mol. The molecular formula is C41H32FN2O+. The number of furan rings is 1. The van der Waals surface area contributed by atoms with Gasteiger partial charge in [-0.05, 0) is 58.3 Å². The van der Waals surface area contributed by atoms with E-state index in [9.17, 15) is 5.26 Å². The summed E-state index contributed by atoms with van der Waals surface area (Å²) in [5.74, 6) is -4.37. The van der Waals surface area contributed by atoms with E-state index in [4.69, 9.17) is 14.0 Å². The van der Waals surface area contributed by atoms with Crippen molar-refractivity contribution in [2.45, 2.75) is 26.5 Å². The van der Waals surface area contributed by atoms with Gasteiger partial charge in [0.05, 0.1) is 17.2 Å². The van der Waals surface area contributed by atoms with Gasteiger partial charge in [0.1, 0.15) is 18.2 Å². The average molecular weight is 595 g/mol. The van der Waals surface area contributed by atoms with Crippen molar-refractivity contribution in [1.82, 2.24) is 0 Å². The monoisotopic (exact) mass is 594 g/mol. The highest BCUT2D eigenvalue weighted by Gasteiger charge is 2.25. The van der Waals surface area contributed by atoms with E-state index in [1.807, 2.05) is 54.6 Å². The summed E-state index contributed by atoms with van der Waals surface area (Å²) in [5.41, 5.74) is 7.50. The van der Waals surface area contributed by atoms with E-state index >= 15 is 4.39 Å². The number of nitriles is 1. The summed E-state index contributed by atoms with van der Waals surface area (Å²) in [4.78, 5) is 0. The van der Waals surface area contributed by atoms with Crippen LogP contribution in [0.2, 0.25) is 0 Å². The Balaban J connectivity index is 1.38. The molecule has 7 aromatic rings. The van der Waals surface area contributed by atoms with Gasteiger partial charge in [0, 0.05) is 37.6 Å². The largest absolute Gasteiger partial charge is 0.454 e. The van der Waals surface area contributed by atoms with Gasteiger partial charge in [-0.2, -0.15) is 9.83 Å². The number of aromatic nitrogens is 1. The summed E-state index contributed by atoms with van der Waals surface area (Å²) < 4.78 is 80.1. The lowest BCUT2D eigenvalue weighted by Crippen LogP contribution is -2.32. The minimum Gasteiger partial charge on any atom is -0.454 e. The van der Waals surface area contributed by atoms with Gasteiger partial charge in [0.25, 0.3) is 0 Å². The number of aryl methyl sites for hydroxylation is 2. The molecule has 0 atom stereocenters. The highest BCUT2D eigenvalue weighted by Crippen LogP contribution is 2.42. The molecular weight excluding hydrogens is 555 g/mol. The number of fused-ring (bicyclic) bond motifs is 3. The third kappa shape index (κ3) is 4.87. The smallest absolute Gasteiger partial charge is 0.216 e. The molecule has 0 spiro atoms. The zero-order valence-electron chi connectivity index (χ0n) is 31.7. The van der Waals surface area contributed by atoms with E-state index in [0.29, 0.717) is 38.8 Å². The molecule has 0 N–H and O–H groups in total. The fourth-order valence-electron chi connectivity index (χ4n) is 6.07. The maximum Gasteiger partial charge on any atom is 0.216 e. The van der Waals surface area contributed by atoms with E-state index in [-0.39, 0.29) is 5.69 Å². The van der Waals surface area contributed by atoms with Gasteiger partial charge in [-0.15, -0.1) is 0 Å². The normalized spacial score (nSPS) is 14.5. The molecule has 0 fully saturated rings. The van der Waals surface area contributed by atoms with Crippen molar-refractivity contribution in [1.29, 1.82) is 5.26 Å². The highest BCUT2D eigenvalue weighted by molar-refractivity contribution is 6.14. The molecule has 0 saturated heterocycles. The van der Waals surface area contributed by atoms with E-state index in [1.165, 1.54) is 4.57 Å². The number of nitrogens with zero attached hydrogens (tertiary/aromatic N) is 2. The summed E-state index contributed by atoms with van der Waals surface area (Å²) >= 11 is 0. The standard InChI is InChI=1S/C41H32FN2O/c1-25(2)35-22-37(44(4)24-36(35)42)38-26(3)10-20-33-34-21-19-32(23-43)39(41(34)45-40(33)38)31-17-15-30(16-18-31)29-13-11-28(12-14-29)27-8-6-5-7-9-27/h5-22,24-25H,1-4H3/q+1/i1D3,2D3,25D. The lowest BCUT2D eigenvalue weighted by atomic mass is 9.94. The second-order valence-electron chi connectivity index (χ2n) is 11.1. The Bertz CT molecular complexity index is 2520. The molecule has 0 aliphatic heterocycles. The average Bonchev–Trinajstić information content (AvgIpc) is 3.49. The Hall–Kier alpha value is -5.53. The number of pyridine rings is 1. The summed E-state index contributed by atoms with van der Waals surface area (Å²) in [7, 11) is 1.55. The Kier molecular flexibility index (Phi) is 5.28. The molecule has 0 amide bonds. The van der Waals surface area contributed by atoms with Gasteiger partial charge in [0.15, 0.2) is 5.82 Å². The Morgan fingerprint density at radius 1 is 0.756 bits per heavy atom. The van der Waals surface area contributed by atoms with Crippen LogP contribution in [0.25, 0.3) is 66.6 Å². The SMILES string of the molecule is [2H]C([2H])([2H])C([2H])(c1cc(-c2c(C)ccc3c2oc2c(-c4ccc(-c5ccc(-c6ccccc6)cc5)cc4)c(C#N)ccc23)[n+](C)cc1F)C([2H])([2H])[2H]. The summed E-state index contributed by atoms with van der Waals surface area (Å²) in [6, 6.07) is 37.0. The first-order chi connectivity index (χ1) is 24.6. The highest BCUT2D eigenvalue weighted by atomic mass is 19.1. The minimum atomic E-state index is -3.37. The molecule has 4 heteroatoms. The van der Waals surface area contributed by atoms with Crippen molar-refractivity contribution < 1.29 is 23.0 Å². The van der Waals surface area contributed by atoms with Crippen molar-refractivity contribution in [3.05, 3.63) is 138 Å². The molecule has 2 aromatic heterocycles. The van der Waals surface area contributed by atoms with Crippen molar-refractivity contribution in [3.8, 4) is 50.7 Å². The van der Waals surface area contributed by atoms with Crippen molar-refractivity contribution in [3.63, 3.8) is 0 Å². The first-order valence-corrected chi connectivity index (χ1v) is 14.5. The van der Waals surface area contributed by atoms with Crippen LogP contribution < -0.4 is 4.57 Å². The quantitative estimate of drug-likeness (QED) is 0.186. The van der Waals surface area contributed by atoms with Crippen molar-refractivity contribution in [2.24, 2.45) is 7.05 Å². The summed E-state index contributed by atoms with van der Waals surface area (Å²) in [6.07, 6.45) is 0.988. The predicted octanol–water partition coefficient (Wildman–Crippen LogP) is 10.5. The summed E-state index contributed by atoms with van der Waals surface area (Å²) in [5, 5.41) is 11.6. The van der Waals surface area contributed by atoms with Crippen LogP contribution in [0.3, 0.4) is 0 Å². The van der Waals surface area contributed by atoms with Crippen LogP contribution in [0.15, 0.2) is 120 Å². The molecule has 45 heavy (non-hydrogen) atoms. The summed E-state index contributed by atoms with van der Waals surface area (Å²) in [6.45, 7) is -4.94. The Morgan fingerprint density at radius 3 is 1.91 bits per heavy atom. The third-order valence-corrected chi connectivity index (χ3v) is 8.39. The lowest BCUT2D eigenvalue weighted by molar-refractivity contribution is -0.662. The van der Waals surface area contributed by atoms with Crippen LogP contribution in [0.4, 0.5) is 4.39 Å². The van der Waals surface area contributed by atoms with Crippen LogP contribution in [-0.2, 0) is 7.05 Å². The molecule has 0 aliphatic rings. The van der Waals surface area contributed by atoms with Crippen molar-refractivity contribution >= 4 is 21.9 Å². The maximum absolute atomic E-state index is 15.5. The Labute approximate surface area is 272 Å². The molecule has 7 rings (SSSR count). The van der Waals surface area contributed by atoms with Crippen LogP contribution in [0.1, 0.15) is 45.9 Å². The lowest BCUT2D eigenvalue weighted by Gasteiger charge is -2.10. The van der Waals surface area contributed by atoms with Crippen molar-refractivity contribution in [2.75, 3.05) is 0 Å². The number of rotatable bonds is 5. The maximum atomic E-state index is 15.5. The topological polar surface area (TPSA) is 40.8 Å². The minimum absolute atomic E-state index is 0.258. The molecule has 0 unspecified atom stereocenters. The van der Waals surface area contributed by atoms with Crippen LogP contribution in [-0.4, -0.2) is 0 Å². The molecule has 3 nitrogen and oxygen atoms in total. The molecule has 5 aromatic carbocycles. The van der Waals surface area contributed by atoms with E-state index in [0.717, 1.165) is 45.5 Å². The molecule has 0 bridgehead atoms. The fraction of sp³-hybridized carbons (Fsp3) is 0.122. The molecule has 0 radical (unpaired) electrons. The molecule has 0 aliphatic carbocycles. The van der Waals surface area contributed by atoms with Gasteiger partial charge >= 0.3 is 0 Å². The number of halogens is 1. The van der Waals surface area contributed by atoms with Crippen LogP contribution >= 0.6 is 0 Å². The molecule has 218 valence electrons. The van der Waals surface area contributed by atoms with E-state index in [1.54, 1.807) is 26.1 Å². The van der Waals surface area contributed by atoms with Gasteiger partial charge in [-0.25, -0.2) is 4.39 Å². The van der Waals surface area contributed by atoms with Gasteiger partial charge in [-0.1, -0.05) is 105 Å². The second kappa shape index (κ2) is 11.2. The number of benzene rings is 5. The number of hydrogen-bond donors (Lipinski definition) is 0. The third-order valence-electron chi connectivity index (χ3n) is 8.39. The van der Waals surface area contributed by atoms with E-state index < -0.39 is 31.0 Å². The first-order valence-electron chi connectivity index (χ1n) is 18.0. The zero-order valence-corrected chi connectivity index (χ0v) is 24.7. The van der Waals surface area contributed by atoms with Crippen LogP contribution in [0, 0.1) is 24.1 Å². The molecule has 2 heterocycles. The first kappa shape index (κ1) is 21.2. The number of hydrogen-bond acceptors (Lipinski definition) is 2. The van der Waals surface area contributed by atoms with Gasteiger partial charge in [0.2, 0.25) is 11.9 Å². The fourth-order valence-corrected chi connectivity index (χ4v) is 6.07. The second-order valence-corrected chi connectivity index (χ2v) is 11.1. The van der Waals surface area contributed by atoms with Gasteiger partial charge < -0.3 is 4.42 Å². The molecule has 0 saturated carbocycles. The zero-order chi connectivity index (χ0) is 37.2. The van der Waals surface area contributed by atoms with Crippen LogP contribution in [0.5, 0.6) is 0 Å². The Morgan fingerprint density at radius 2 is 1.31 bits per heavy atom. The van der Waals surface area contributed by atoms with Gasteiger partial charge in [-0.3, -0.25) is 0 Å².